The molecule has 0 aromatic carbocycles. The van der Waals surface area contributed by atoms with Crippen LogP contribution in [0.4, 0.5) is 23.8 Å². The van der Waals surface area contributed by atoms with Crippen molar-refractivity contribution < 1.29 is 27.5 Å². The SMILES string of the molecule is CN(c1cccc(C(F)(F)F)n1)C1CCN(C(=O)OC2[C@@H]3CC4C[C@H]2CC(C(N)=O)(C4)C3)C1. The van der Waals surface area contributed by atoms with Gasteiger partial charge >= 0.3 is 12.3 Å². The zero-order valence-corrected chi connectivity index (χ0v) is 18.6. The number of amides is 2. The van der Waals surface area contributed by atoms with Crippen LogP contribution in [0.3, 0.4) is 0 Å². The van der Waals surface area contributed by atoms with Crippen LogP contribution in [0, 0.1) is 23.2 Å². The second kappa shape index (κ2) is 7.77. The topological polar surface area (TPSA) is 88.8 Å². The molecule has 2 N–H and O–H groups in total. The predicted octanol–water partition coefficient (Wildman–Crippen LogP) is 3.43. The Morgan fingerprint density at radius 2 is 1.91 bits per heavy atom. The lowest BCUT2D eigenvalue weighted by Gasteiger charge is -2.58. The molecule has 33 heavy (non-hydrogen) atoms. The second-order valence-electron chi connectivity index (χ2n) is 10.3. The standard InChI is InChI=1S/C23H29F3N4O3/c1-29(18-4-2-3-17(28-18)23(24,25)26)16-5-6-30(12-16)21(32)33-19-14-7-13-8-15(19)11-22(9-13,10-14)20(27)31/h2-4,13-16,19H,5-12H2,1H3,(H2,27,31)/t13?,14-,15+,16?,19?,22?. The molecular weight excluding hydrogens is 437 g/mol. The number of aromatic nitrogens is 1. The van der Waals surface area contributed by atoms with Crippen molar-refractivity contribution >= 4 is 17.8 Å². The molecule has 2 amide bonds. The first-order chi connectivity index (χ1) is 15.6. The number of alkyl halides is 3. The highest BCUT2D eigenvalue weighted by molar-refractivity contribution is 5.81. The largest absolute Gasteiger partial charge is 0.446 e. The van der Waals surface area contributed by atoms with Gasteiger partial charge in [-0.15, -0.1) is 0 Å². The molecule has 180 valence electrons. The number of hydrogen-bond donors (Lipinski definition) is 1. The Bertz CT molecular complexity index is 939. The van der Waals surface area contributed by atoms with Crippen molar-refractivity contribution in [2.24, 2.45) is 28.9 Å². The van der Waals surface area contributed by atoms with E-state index in [2.05, 4.69) is 4.98 Å². The molecule has 2 heterocycles. The highest BCUT2D eigenvalue weighted by Crippen LogP contribution is 2.60. The van der Waals surface area contributed by atoms with E-state index in [4.69, 9.17) is 10.5 Å². The average Bonchev–Trinajstić information content (AvgIpc) is 3.25. The predicted molar refractivity (Wildman–Crippen MR) is 113 cm³/mol. The Balaban J connectivity index is 1.21. The van der Waals surface area contributed by atoms with Crippen LogP contribution in [0.2, 0.25) is 0 Å². The van der Waals surface area contributed by atoms with Crippen LogP contribution in [-0.2, 0) is 15.7 Å². The monoisotopic (exact) mass is 466 g/mol. The first-order valence-electron chi connectivity index (χ1n) is 11.6. The highest BCUT2D eigenvalue weighted by atomic mass is 19.4. The average molecular weight is 467 g/mol. The quantitative estimate of drug-likeness (QED) is 0.735. The number of hydrogen-bond acceptors (Lipinski definition) is 5. The third kappa shape index (κ3) is 3.91. The van der Waals surface area contributed by atoms with Gasteiger partial charge in [0.15, 0.2) is 0 Å². The van der Waals surface area contributed by atoms with Gasteiger partial charge in [-0.2, -0.15) is 13.2 Å². The molecule has 1 aliphatic heterocycles. The van der Waals surface area contributed by atoms with Gasteiger partial charge < -0.3 is 20.3 Å². The Hall–Kier alpha value is -2.52. The lowest BCUT2D eigenvalue weighted by molar-refractivity contribution is -0.161. The summed E-state index contributed by atoms with van der Waals surface area (Å²) in [6.45, 7) is 0.839. The summed E-state index contributed by atoms with van der Waals surface area (Å²) in [4.78, 5) is 32.2. The Labute approximate surface area is 190 Å². The first kappa shape index (κ1) is 22.3. The number of halogens is 3. The van der Waals surface area contributed by atoms with Crippen molar-refractivity contribution in [3.63, 3.8) is 0 Å². The molecule has 1 aromatic rings. The summed E-state index contributed by atoms with van der Waals surface area (Å²) in [7, 11) is 1.70. The number of nitrogens with two attached hydrogens (primary N) is 1. The van der Waals surface area contributed by atoms with E-state index >= 15 is 0 Å². The number of likely N-dealkylation sites (N-methyl/N-ethyl adjacent to an activating group) is 1. The minimum absolute atomic E-state index is 0.148. The van der Waals surface area contributed by atoms with E-state index in [1.807, 2.05) is 0 Å². The molecule has 7 nitrogen and oxygen atoms in total. The normalized spacial score (nSPS) is 35.0. The summed E-state index contributed by atoms with van der Waals surface area (Å²) in [6, 6.07) is 3.68. The number of anilines is 1. The Kier molecular flexibility index (Phi) is 5.25. The molecule has 6 atom stereocenters. The molecule has 5 aliphatic rings. The van der Waals surface area contributed by atoms with Crippen LogP contribution in [0.25, 0.3) is 0 Å². The molecule has 10 heteroatoms. The fourth-order valence-electron chi connectivity index (χ4n) is 6.85. The number of carbonyl (C=O) groups excluding carboxylic acids is 2. The summed E-state index contributed by atoms with van der Waals surface area (Å²) in [5.41, 5.74) is 4.37. The summed E-state index contributed by atoms with van der Waals surface area (Å²) in [5, 5.41) is 0. The fourth-order valence-corrected chi connectivity index (χ4v) is 6.85. The zero-order chi connectivity index (χ0) is 23.5. The molecular formula is C23H29F3N4O3. The Morgan fingerprint density at radius 3 is 2.55 bits per heavy atom. The van der Waals surface area contributed by atoms with Crippen LogP contribution >= 0.6 is 0 Å². The molecule has 0 spiro atoms. The summed E-state index contributed by atoms with van der Waals surface area (Å²) >= 11 is 0. The van der Waals surface area contributed by atoms with Gasteiger partial charge in [-0.3, -0.25) is 4.79 Å². The zero-order valence-electron chi connectivity index (χ0n) is 18.6. The summed E-state index contributed by atoms with van der Waals surface area (Å²) in [6.07, 6.45) is -0.273. The molecule has 4 bridgehead atoms. The summed E-state index contributed by atoms with van der Waals surface area (Å²) in [5.74, 6) is 0.823. The van der Waals surface area contributed by atoms with Crippen molar-refractivity contribution in [3.8, 4) is 0 Å². The molecule has 5 fully saturated rings. The second-order valence-corrected chi connectivity index (χ2v) is 10.3. The van der Waals surface area contributed by atoms with Crippen molar-refractivity contribution in [1.29, 1.82) is 0 Å². The van der Waals surface area contributed by atoms with E-state index in [0.717, 1.165) is 25.3 Å². The van der Waals surface area contributed by atoms with Crippen molar-refractivity contribution in [2.45, 2.75) is 56.8 Å². The molecule has 0 radical (unpaired) electrons. The number of rotatable bonds is 4. The molecule has 6 rings (SSSR count). The van der Waals surface area contributed by atoms with Crippen LogP contribution < -0.4 is 10.6 Å². The van der Waals surface area contributed by atoms with E-state index in [0.29, 0.717) is 38.3 Å². The minimum atomic E-state index is -4.51. The van der Waals surface area contributed by atoms with Gasteiger partial charge in [-0.25, -0.2) is 9.78 Å². The number of carbonyl (C=O) groups is 2. The van der Waals surface area contributed by atoms with E-state index < -0.39 is 17.3 Å². The van der Waals surface area contributed by atoms with Gasteiger partial charge in [0.05, 0.1) is 5.41 Å². The molecule has 1 saturated heterocycles. The van der Waals surface area contributed by atoms with E-state index in [1.165, 1.54) is 6.07 Å². The minimum Gasteiger partial charge on any atom is -0.446 e. The number of primary amides is 1. The number of likely N-dealkylation sites (tertiary alicyclic amines) is 1. The van der Waals surface area contributed by atoms with E-state index in [-0.39, 0.29) is 41.8 Å². The van der Waals surface area contributed by atoms with Crippen molar-refractivity contribution in [1.82, 2.24) is 9.88 Å². The smallest absolute Gasteiger partial charge is 0.433 e. The van der Waals surface area contributed by atoms with Crippen LogP contribution in [0.5, 0.6) is 0 Å². The molecule has 4 unspecified atom stereocenters. The maximum atomic E-state index is 13.0. The van der Waals surface area contributed by atoms with Crippen LogP contribution in [-0.4, -0.2) is 54.2 Å². The van der Waals surface area contributed by atoms with Gasteiger partial charge in [0, 0.05) is 26.2 Å². The molecule has 4 saturated carbocycles. The number of pyridine rings is 1. The first-order valence-corrected chi connectivity index (χ1v) is 11.6. The number of ether oxygens (including phenoxy) is 1. The lowest BCUT2D eigenvalue weighted by Crippen LogP contribution is -2.59. The van der Waals surface area contributed by atoms with Crippen molar-refractivity contribution in [3.05, 3.63) is 23.9 Å². The molecule has 4 aliphatic carbocycles. The van der Waals surface area contributed by atoms with E-state index in [9.17, 15) is 22.8 Å². The van der Waals surface area contributed by atoms with Crippen molar-refractivity contribution in [2.75, 3.05) is 25.0 Å². The van der Waals surface area contributed by atoms with Gasteiger partial charge in [0.25, 0.3) is 0 Å². The maximum Gasteiger partial charge on any atom is 0.433 e. The Morgan fingerprint density at radius 1 is 1.21 bits per heavy atom. The highest BCUT2D eigenvalue weighted by Gasteiger charge is 2.59. The van der Waals surface area contributed by atoms with Gasteiger partial charge in [-0.1, -0.05) is 6.07 Å². The van der Waals surface area contributed by atoms with Gasteiger partial charge in [-0.05, 0) is 68.4 Å². The maximum absolute atomic E-state index is 13.0. The number of nitrogens with zero attached hydrogens (tertiary/aromatic N) is 3. The van der Waals surface area contributed by atoms with Crippen LogP contribution in [0.15, 0.2) is 18.2 Å². The van der Waals surface area contributed by atoms with E-state index in [1.54, 1.807) is 22.9 Å². The lowest BCUT2D eigenvalue weighted by atomic mass is 9.48. The van der Waals surface area contributed by atoms with Gasteiger partial charge in [0.2, 0.25) is 5.91 Å². The third-order valence-electron chi connectivity index (χ3n) is 8.30. The van der Waals surface area contributed by atoms with Gasteiger partial charge in [0.1, 0.15) is 17.6 Å². The fraction of sp³-hybridized carbons (Fsp3) is 0.696. The van der Waals surface area contributed by atoms with Crippen LogP contribution in [0.1, 0.15) is 44.2 Å². The molecule has 1 aromatic heterocycles. The third-order valence-corrected chi connectivity index (χ3v) is 8.30. The summed E-state index contributed by atoms with van der Waals surface area (Å²) < 4.78 is 45.0.